The molecular weight excluding hydrogens is 261 g/mol. The quantitative estimate of drug-likeness (QED) is 0.901. The molecule has 0 aliphatic rings. The molecule has 4 nitrogen and oxygen atoms in total. The number of hydrogen-bond acceptors (Lipinski definition) is 3. The number of rotatable bonds is 4. The summed E-state index contributed by atoms with van der Waals surface area (Å²) in [5.41, 5.74) is 5.86. The van der Waals surface area contributed by atoms with Crippen molar-refractivity contribution in [3.8, 4) is 11.5 Å². The molecule has 0 aliphatic carbocycles. The average Bonchev–Trinajstić information content (AvgIpc) is 2.41. The Morgan fingerprint density at radius 1 is 1.25 bits per heavy atom. The fraction of sp³-hybridized carbons (Fsp3) is 0.133. The Hall–Kier alpha value is -2.40. The highest BCUT2D eigenvalue weighted by Crippen LogP contribution is 2.30. The molecule has 20 heavy (non-hydrogen) atoms. The zero-order valence-corrected chi connectivity index (χ0v) is 10.8. The van der Waals surface area contributed by atoms with Crippen LogP contribution in [-0.2, 0) is 0 Å². The van der Waals surface area contributed by atoms with Crippen LogP contribution in [-0.4, -0.2) is 11.0 Å². The van der Waals surface area contributed by atoms with E-state index in [4.69, 9.17) is 10.5 Å². The Bertz CT molecular complexity index is 624. The predicted octanol–water partition coefficient (Wildman–Crippen LogP) is 2.77. The van der Waals surface area contributed by atoms with Gasteiger partial charge in [0.05, 0.1) is 6.10 Å². The number of carbonyl (C=O) groups excluding carboxylic acids is 1. The molecule has 104 valence electrons. The highest BCUT2D eigenvalue weighted by atomic mass is 19.1. The number of aliphatic hydroxyl groups is 1. The second kappa shape index (κ2) is 5.71. The third-order valence-electron chi connectivity index (χ3n) is 2.79. The van der Waals surface area contributed by atoms with E-state index in [-0.39, 0.29) is 0 Å². The van der Waals surface area contributed by atoms with E-state index in [0.717, 1.165) is 0 Å². The number of hydrogen-bond donors (Lipinski definition) is 2. The first-order chi connectivity index (χ1) is 9.47. The summed E-state index contributed by atoms with van der Waals surface area (Å²) in [6.45, 7) is 1.53. The van der Waals surface area contributed by atoms with E-state index in [1.807, 2.05) is 0 Å². The largest absolute Gasteiger partial charge is 0.457 e. The van der Waals surface area contributed by atoms with Crippen molar-refractivity contribution in [2.75, 3.05) is 0 Å². The maximum Gasteiger partial charge on any atom is 0.248 e. The number of ether oxygens (including phenoxy) is 1. The summed E-state index contributed by atoms with van der Waals surface area (Å²) in [6.07, 6.45) is -0.856. The molecule has 2 rings (SSSR count). The molecule has 0 aliphatic heterocycles. The van der Waals surface area contributed by atoms with Crippen molar-refractivity contribution in [2.45, 2.75) is 13.0 Å². The van der Waals surface area contributed by atoms with Gasteiger partial charge in [0.15, 0.2) is 0 Å². The van der Waals surface area contributed by atoms with Crippen molar-refractivity contribution >= 4 is 5.91 Å². The minimum atomic E-state index is -0.856. The molecule has 0 bridgehead atoms. The Kier molecular flexibility index (Phi) is 4.00. The Morgan fingerprint density at radius 2 is 1.90 bits per heavy atom. The van der Waals surface area contributed by atoms with E-state index in [1.165, 1.54) is 37.3 Å². The molecule has 0 saturated heterocycles. The first kappa shape index (κ1) is 14.0. The molecule has 0 heterocycles. The number of primary amides is 1. The summed E-state index contributed by atoms with van der Waals surface area (Å²) >= 11 is 0. The molecular formula is C15H14FNO3. The third-order valence-corrected chi connectivity index (χ3v) is 2.79. The van der Waals surface area contributed by atoms with Gasteiger partial charge in [0, 0.05) is 11.1 Å². The van der Waals surface area contributed by atoms with Crippen LogP contribution in [0.5, 0.6) is 11.5 Å². The summed E-state index contributed by atoms with van der Waals surface area (Å²) in [5.74, 6) is -0.155. The summed E-state index contributed by atoms with van der Waals surface area (Å²) in [6, 6.07) is 10.1. The molecule has 0 radical (unpaired) electrons. The van der Waals surface area contributed by atoms with Crippen LogP contribution < -0.4 is 10.5 Å². The second-order valence-corrected chi connectivity index (χ2v) is 4.35. The van der Waals surface area contributed by atoms with Gasteiger partial charge < -0.3 is 15.6 Å². The van der Waals surface area contributed by atoms with Crippen molar-refractivity contribution in [1.29, 1.82) is 0 Å². The van der Waals surface area contributed by atoms with Crippen LogP contribution in [0.25, 0.3) is 0 Å². The number of aliphatic hydroxyl groups excluding tert-OH is 1. The maximum absolute atomic E-state index is 13.2. The minimum Gasteiger partial charge on any atom is -0.457 e. The lowest BCUT2D eigenvalue weighted by Crippen LogP contribution is -2.10. The van der Waals surface area contributed by atoms with Crippen LogP contribution in [0.4, 0.5) is 4.39 Å². The molecule has 0 saturated carbocycles. The lowest BCUT2D eigenvalue weighted by molar-refractivity contribution is 0.100. The molecule has 1 atom stereocenters. The Morgan fingerprint density at radius 3 is 2.45 bits per heavy atom. The molecule has 2 aromatic rings. The van der Waals surface area contributed by atoms with Crippen molar-refractivity contribution in [1.82, 2.24) is 0 Å². The molecule has 2 aromatic carbocycles. The third kappa shape index (κ3) is 3.13. The van der Waals surface area contributed by atoms with Crippen molar-refractivity contribution in [2.24, 2.45) is 5.73 Å². The van der Waals surface area contributed by atoms with Gasteiger partial charge in [-0.15, -0.1) is 0 Å². The number of benzene rings is 2. The molecule has 5 heteroatoms. The van der Waals surface area contributed by atoms with Gasteiger partial charge in [-0.1, -0.05) is 0 Å². The first-order valence-corrected chi connectivity index (χ1v) is 6.02. The standard InChI is InChI=1S/C15H14FNO3/c1-9(18)13-8-11(16)4-7-14(13)20-12-5-2-10(3-6-12)15(17)19/h2-9,18H,1H3,(H2,17,19)/t9-/m0/s1. The van der Waals surface area contributed by atoms with Crippen LogP contribution in [0.15, 0.2) is 42.5 Å². The number of nitrogens with two attached hydrogens (primary N) is 1. The van der Waals surface area contributed by atoms with Gasteiger partial charge in [-0.25, -0.2) is 4.39 Å². The highest BCUT2D eigenvalue weighted by Gasteiger charge is 2.11. The zero-order valence-electron chi connectivity index (χ0n) is 10.8. The zero-order chi connectivity index (χ0) is 14.7. The predicted molar refractivity (Wildman–Crippen MR) is 72.1 cm³/mol. The van der Waals surface area contributed by atoms with Gasteiger partial charge in [-0.3, -0.25) is 4.79 Å². The molecule has 0 aromatic heterocycles. The van der Waals surface area contributed by atoms with Crippen LogP contribution >= 0.6 is 0 Å². The van der Waals surface area contributed by atoms with E-state index < -0.39 is 17.8 Å². The van der Waals surface area contributed by atoms with E-state index in [9.17, 15) is 14.3 Å². The average molecular weight is 275 g/mol. The van der Waals surface area contributed by atoms with Gasteiger partial charge in [-0.05, 0) is 49.4 Å². The van der Waals surface area contributed by atoms with Gasteiger partial charge in [0.25, 0.3) is 0 Å². The topological polar surface area (TPSA) is 72.6 Å². The molecule has 1 amide bonds. The monoisotopic (exact) mass is 275 g/mol. The SMILES string of the molecule is C[C@H](O)c1cc(F)ccc1Oc1ccc(C(N)=O)cc1. The molecule has 0 fully saturated rings. The van der Waals surface area contributed by atoms with E-state index in [0.29, 0.717) is 22.6 Å². The lowest BCUT2D eigenvalue weighted by atomic mass is 10.1. The summed E-state index contributed by atoms with van der Waals surface area (Å²) in [7, 11) is 0. The Labute approximate surface area is 115 Å². The minimum absolute atomic E-state index is 0.351. The van der Waals surface area contributed by atoms with Crippen LogP contribution in [0.3, 0.4) is 0 Å². The fourth-order valence-corrected chi connectivity index (χ4v) is 1.75. The van der Waals surface area contributed by atoms with Crippen LogP contribution in [0.2, 0.25) is 0 Å². The first-order valence-electron chi connectivity index (χ1n) is 6.02. The van der Waals surface area contributed by atoms with Gasteiger partial charge in [0.2, 0.25) is 5.91 Å². The molecule has 0 unspecified atom stereocenters. The number of amides is 1. The fourth-order valence-electron chi connectivity index (χ4n) is 1.75. The normalized spacial score (nSPS) is 11.9. The maximum atomic E-state index is 13.2. The number of halogens is 1. The van der Waals surface area contributed by atoms with Crippen molar-refractivity contribution in [3.05, 3.63) is 59.4 Å². The van der Waals surface area contributed by atoms with Gasteiger partial charge in [-0.2, -0.15) is 0 Å². The smallest absolute Gasteiger partial charge is 0.248 e. The summed E-state index contributed by atoms with van der Waals surface area (Å²) in [5, 5.41) is 9.62. The van der Waals surface area contributed by atoms with Gasteiger partial charge >= 0.3 is 0 Å². The summed E-state index contributed by atoms with van der Waals surface area (Å²) in [4.78, 5) is 11.0. The van der Waals surface area contributed by atoms with E-state index in [2.05, 4.69) is 0 Å². The van der Waals surface area contributed by atoms with Crippen LogP contribution in [0.1, 0.15) is 28.9 Å². The number of carbonyl (C=O) groups is 1. The second-order valence-electron chi connectivity index (χ2n) is 4.35. The highest BCUT2D eigenvalue weighted by molar-refractivity contribution is 5.92. The molecule has 3 N–H and O–H groups in total. The van der Waals surface area contributed by atoms with E-state index >= 15 is 0 Å². The summed E-state index contributed by atoms with van der Waals surface area (Å²) < 4.78 is 18.8. The lowest BCUT2D eigenvalue weighted by Gasteiger charge is -2.13. The molecule has 0 spiro atoms. The van der Waals surface area contributed by atoms with Gasteiger partial charge in [0.1, 0.15) is 17.3 Å². The Balaban J connectivity index is 2.27. The van der Waals surface area contributed by atoms with Crippen molar-refractivity contribution < 1.29 is 19.0 Å². The van der Waals surface area contributed by atoms with Crippen LogP contribution in [0, 0.1) is 5.82 Å². The van der Waals surface area contributed by atoms with E-state index in [1.54, 1.807) is 12.1 Å². The van der Waals surface area contributed by atoms with Crippen molar-refractivity contribution in [3.63, 3.8) is 0 Å².